The molecule has 0 radical (unpaired) electrons. The Hall–Kier alpha value is -3.06. The summed E-state index contributed by atoms with van der Waals surface area (Å²) in [6.45, 7) is 6.15. The number of nitrogens with one attached hydrogen (secondary N) is 1. The molecule has 160 valence electrons. The monoisotopic (exact) mass is 412 g/mol. The lowest BCUT2D eigenvalue weighted by molar-refractivity contribution is -0.137. The summed E-state index contributed by atoms with van der Waals surface area (Å²) >= 11 is 0. The molecule has 1 aliphatic rings. The van der Waals surface area contributed by atoms with Gasteiger partial charge in [0.2, 0.25) is 0 Å². The Kier molecular flexibility index (Phi) is 7.30. The van der Waals surface area contributed by atoms with Gasteiger partial charge in [-0.3, -0.25) is 9.59 Å². The summed E-state index contributed by atoms with van der Waals surface area (Å²) in [6, 6.07) is 10.9. The van der Waals surface area contributed by atoms with Crippen molar-refractivity contribution in [3.8, 4) is 11.5 Å². The fraction of sp³-hybridized carbons (Fsp3) is 0.391. The van der Waals surface area contributed by atoms with E-state index < -0.39 is 0 Å². The molecule has 0 unspecified atom stereocenters. The minimum absolute atomic E-state index is 0.0923. The summed E-state index contributed by atoms with van der Waals surface area (Å²) in [7, 11) is 1.50. The topological polar surface area (TPSA) is 77.1 Å². The number of carbonyl (C=O) groups excluding carboxylic acids is 2. The predicted molar refractivity (Wildman–Crippen MR) is 114 cm³/mol. The van der Waals surface area contributed by atoms with Crippen LogP contribution in [0.25, 0.3) is 0 Å². The van der Waals surface area contributed by atoms with Gasteiger partial charge in [-0.1, -0.05) is 25.1 Å². The summed E-state index contributed by atoms with van der Waals surface area (Å²) in [5.41, 5.74) is 3.37. The van der Waals surface area contributed by atoms with Crippen LogP contribution in [0.2, 0.25) is 0 Å². The molecule has 7 nitrogen and oxygen atoms in total. The molecule has 7 heteroatoms. The SMILES string of the molecule is CCc1cccc(C)c1NC(=O)c1ccc(OCC(=O)N2CCOCC2)c(OC)c1. The van der Waals surface area contributed by atoms with Crippen LogP contribution in [0.15, 0.2) is 36.4 Å². The lowest BCUT2D eigenvalue weighted by Crippen LogP contribution is -2.43. The van der Waals surface area contributed by atoms with Crippen LogP contribution in [0.4, 0.5) is 5.69 Å². The van der Waals surface area contributed by atoms with E-state index in [1.165, 1.54) is 7.11 Å². The molecule has 0 spiro atoms. The first-order valence-corrected chi connectivity index (χ1v) is 10.1. The van der Waals surface area contributed by atoms with Crippen molar-refractivity contribution < 1.29 is 23.8 Å². The molecule has 1 heterocycles. The van der Waals surface area contributed by atoms with Crippen LogP contribution in [0.5, 0.6) is 11.5 Å². The van der Waals surface area contributed by atoms with Crippen LogP contribution in [0, 0.1) is 6.92 Å². The van der Waals surface area contributed by atoms with Gasteiger partial charge in [-0.2, -0.15) is 0 Å². The summed E-state index contributed by atoms with van der Waals surface area (Å²) < 4.78 is 16.3. The van der Waals surface area contributed by atoms with Crippen LogP contribution in [0.1, 0.15) is 28.4 Å². The molecule has 0 saturated carbocycles. The molecule has 0 bridgehead atoms. The van der Waals surface area contributed by atoms with Crippen LogP contribution in [0.3, 0.4) is 0 Å². The number of anilines is 1. The molecule has 1 saturated heterocycles. The number of aryl methyl sites for hydroxylation is 2. The standard InChI is InChI=1S/C23H28N2O5/c1-4-17-7-5-6-16(2)22(17)24-23(27)18-8-9-19(20(14-18)28-3)30-15-21(26)25-10-12-29-13-11-25/h5-9,14H,4,10-13,15H2,1-3H3,(H,24,27). The molecule has 1 N–H and O–H groups in total. The minimum atomic E-state index is -0.228. The summed E-state index contributed by atoms with van der Waals surface area (Å²) in [6.07, 6.45) is 0.824. The molecule has 1 fully saturated rings. The number of carbonyl (C=O) groups is 2. The fourth-order valence-electron chi connectivity index (χ4n) is 3.36. The smallest absolute Gasteiger partial charge is 0.260 e. The van der Waals surface area contributed by atoms with Crippen molar-refractivity contribution in [3.63, 3.8) is 0 Å². The Balaban J connectivity index is 1.69. The van der Waals surface area contributed by atoms with E-state index in [1.807, 2.05) is 25.1 Å². The Morgan fingerprint density at radius 2 is 1.90 bits per heavy atom. The minimum Gasteiger partial charge on any atom is -0.493 e. The molecule has 1 aliphatic heterocycles. The van der Waals surface area contributed by atoms with Gasteiger partial charge >= 0.3 is 0 Å². The highest BCUT2D eigenvalue weighted by Gasteiger charge is 2.19. The first-order chi connectivity index (χ1) is 14.5. The van der Waals surface area contributed by atoms with Crippen molar-refractivity contribution in [1.29, 1.82) is 0 Å². The number of nitrogens with zero attached hydrogens (tertiary/aromatic N) is 1. The molecule has 2 aromatic carbocycles. The number of para-hydroxylation sites is 1. The van der Waals surface area contributed by atoms with Gasteiger partial charge < -0.3 is 24.4 Å². The van der Waals surface area contributed by atoms with Gasteiger partial charge in [-0.15, -0.1) is 0 Å². The van der Waals surface area contributed by atoms with E-state index in [2.05, 4.69) is 12.2 Å². The highest BCUT2D eigenvalue weighted by atomic mass is 16.5. The van der Waals surface area contributed by atoms with Crippen molar-refractivity contribution in [1.82, 2.24) is 4.90 Å². The summed E-state index contributed by atoms with van der Waals surface area (Å²) in [5.74, 6) is 0.487. The second-order valence-electron chi connectivity index (χ2n) is 7.06. The van der Waals surface area contributed by atoms with Gasteiger partial charge in [0, 0.05) is 24.3 Å². The average molecular weight is 412 g/mol. The number of methoxy groups -OCH3 is 1. The zero-order chi connectivity index (χ0) is 21.5. The van der Waals surface area contributed by atoms with Gasteiger partial charge in [0.15, 0.2) is 18.1 Å². The molecule has 0 aromatic heterocycles. The molecule has 2 aromatic rings. The van der Waals surface area contributed by atoms with E-state index in [1.54, 1.807) is 23.1 Å². The molecular formula is C23H28N2O5. The maximum atomic E-state index is 12.8. The number of rotatable bonds is 7. The van der Waals surface area contributed by atoms with E-state index in [4.69, 9.17) is 14.2 Å². The maximum absolute atomic E-state index is 12.8. The van der Waals surface area contributed by atoms with Gasteiger partial charge in [0.25, 0.3) is 11.8 Å². The zero-order valence-electron chi connectivity index (χ0n) is 17.7. The van der Waals surface area contributed by atoms with Crippen molar-refractivity contribution in [2.45, 2.75) is 20.3 Å². The van der Waals surface area contributed by atoms with E-state index in [9.17, 15) is 9.59 Å². The lowest BCUT2D eigenvalue weighted by atomic mass is 10.1. The van der Waals surface area contributed by atoms with Crippen molar-refractivity contribution in [2.75, 3.05) is 45.3 Å². The number of ether oxygens (including phenoxy) is 3. The van der Waals surface area contributed by atoms with Crippen molar-refractivity contribution >= 4 is 17.5 Å². The van der Waals surface area contributed by atoms with Gasteiger partial charge in [-0.05, 0) is 42.7 Å². The second kappa shape index (κ2) is 10.1. The van der Waals surface area contributed by atoms with Crippen LogP contribution >= 0.6 is 0 Å². The third kappa shape index (κ3) is 5.10. The van der Waals surface area contributed by atoms with Crippen LogP contribution < -0.4 is 14.8 Å². The molecular weight excluding hydrogens is 384 g/mol. The predicted octanol–water partition coefficient (Wildman–Crippen LogP) is 3.06. The molecule has 2 amide bonds. The third-order valence-electron chi connectivity index (χ3n) is 5.12. The summed E-state index contributed by atoms with van der Waals surface area (Å²) in [5, 5.41) is 3.00. The van der Waals surface area contributed by atoms with Gasteiger partial charge in [0.05, 0.1) is 20.3 Å². The number of benzene rings is 2. The quantitative estimate of drug-likeness (QED) is 0.756. The van der Waals surface area contributed by atoms with E-state index >= 15 is 0 Å². The normalized spacial score (nSPS) is 13.6. The number of amides is 2. The third-order valence-corrected chi connectivity index (χ3v) is 5.12. The zero-order valence-corrected chi connectivity index (χ0v) is 17.7. The lowest BCUT2D eigenvalue weighted by Gasteiger charge is -2.26. The Bertz CT molecular complexity index is 906. The van der Waals surface area contributed by atoms with Gasteiger partial charge in [0.1, 0.15) is 0 Å². The van der Waals surface area contributed by atoms with Crippen LogP contribution in [-0.2, 0) is 16.0 Å². The van der Waals surface area contributed by atoms with Crippen molar-refractivity contribution in [3.05, 3.63) is 53.1 Å². The number of morpholine rings is 1. The highest BCUT2D eigenvalue weighted by molar-refractivity contribution is 6.05. The average Bonchev–Trinajstić information content (AvgIpc) is 2.79. The number of hydrogen-bond donors (Lipinski definition) is 1. The van der Waals surface area contributed by atoms with E-state index in [0.29, 0.717) is 43.4 Å². The van der Waals surface area contributed by atoms with Gasteiger partial charge in [-0.25, -0.2) is 0 Å². The molecule has 3 rings (SSSR count). The number of hydrogen-bond acceptors (Lipinski definition) is 5. The molecule has 0 atom stereocenters. The largest absolute Gasteiger partial charge is 0.493 e. The Morgan fingerprint density at radius 1 is 1.13 bits per heavy atom. The molecule has 0 aliphatic carbocycles. The first kappa shape index (κ1) is 21.6. The first-order valence-electron chi connectivity index (χ1n) is 10.1. The maximum Gasteiger partial charge on any atom is 0.260 e. The summed E-state index contributed by atoms with van der Waals surface area (Å²) in [4.78, 5) is 26.8. The van der Waals surface area contributed by atoms with E-state index in [0.717, 1.165) is 23.2 Å². The Morgan fingerprint density at radius 3 is 2.60 bits per heavy atom. The Labute approximate surface area is 176 Å². The second-order valence-corrected chi connectivity index (χ2v) is 7.06. The highest BCUT2D eigenvalue weighted by Crippen LogP contribution is 2.29. The van der Waals surface area contributed by atoms with E-state index in [-0.39, 0.29) is 18.4 Å². The fourth-order valence-corrected chi connectivity index (χ4v) is 3.36. The van der Waals surface area contributed by atoms with Crippen LogP contribution in [-0.4, -0.2) is 56.7 Å². The van der Waals surface area contributed by atoms with Crippen molar-refractivity contribution in [2.24, 2.45) is 0 Å². The molecule has 30 heavy (non-hydrogen) atoms.